The molecule has 2 amide bonds. The van der Waals surface area contributed by atoms with Crippen molar-refractivity contribution in [1.29, 1.82) is 0 Å². The molecule has 0 bridgehead atoms. The summed E-state index contributed by atoms with van der Waals surface area (Å²) in [6, 6.07) is 6.59. The van der Waals surface area contributed by atoms with Crippen LogP contribution in [-0.4, -0.2) is 78.5 Å². The number of allylic oxidation sites excluding steroid dienone is 1. The van der Waals surface area contributed by atoms with Crippen LogP contribution in [0.1, 0.15) is 41.8 Å². The summed E-state index contributed by atoms with van der Waals surface area (Å²) in [5, 5.41) is 9.52. The zero-order valence-corrected chi connectivity index (χ0v) is 25.3. The summed E-state index contributed by atoms with van der Waals surface area (Å²) in [5.41, 5.74) is -0.985. The molecule has 2 atom stereocenters. The second kappa shape index (κ2) is 13.2. The molecule has 1 aromatic heterocycles. The number of aromatic nitrogens is 1. The maximum absolute atomic E-state index is 13.8. The van der Waals surface area contributed by atoms with E-state index in [0.717, 1.165) is 30.8 Å². The van der Waals surface area contributed by atoms with Crippen LogP contribution in [0.4, 0.5) is 13.2 Å². The zero-order valence-electron chi connectivity index (χ0n) is 24.6. The van der Waals surface area contributed by atoms with Gasteiger partial charge in [0, 0.05) is 80.8 Å². The van der Waals surface area contributed by atoms with Crippen molar-refractivity contribution < 1.29 is 27.5 Å². The Kier molecular flexibility index (Phi) is 9.52. The first-order valence-electron chi connectivity index (χ1n) is 14.7. The molecule has 2 saturated heterocycles. The highest BCUT2D eigenvalue weighted by molar-refractivity contribution is 6.30. The Morgan fingerprint density at radius 2 is 2.00 bits per heavy atom. The van der Waals surface area contributed by atoms with Crippen molar-refractivity contribution in [2.75, 3.05) is 45.9 Å². The Hall–Kier alpha value is -3.61. The SMILES string of the molecule is CCOC1(c2cccnc2)C=CC(N2CCN(C(=O)c3ccc(Cl)cc3C(F)(F)F)C[C@H]2CC)=C(C(=O)NCC2CNC2)N1. The molecule has 9 nitrogen and oxygen atoms in total. The highest BCUT2D eigenvalue weighted by atomic mass is 35.5. The van der Waals surface area contributed by atoms with E-state index in [2.05, 4.69) is 20.9 Å². The maximum atomic E-state index is 13.8. The number of carbonyl (C=O) groups is 2. The predicted molar refractivity (Wildman–Crippen MR) is 159 cm³/mol. The molecule has 4 heterocycles. The van der Waals surface area contributed by atoms with Gasteiger partial charge in [-0.15, -0.1) is 0 Å². The molecule has 236 valence electrons. The number of nitrogens with one attached hydrogen (secondary N) is 3. The van der Waals surface area contributed by atoms with Crippen LogP contribution in [0.3, 0.4) is 0 Å². The Labute approximate surface area is 259 Å². The molecule has 2 fully saturated rings. The number of piperazine rings is 1. The van der Waals surface area contributed by atoms with Crippen molar-refractivity contribution in [2.45, 2.75) is 38.2 Å². The molecule has 1 aromatic carbocycles. The lowest BCUT2D eigenvalue weighted by Gasteiger charge is -2.46. The molecule has 5 rings (SSSR count). The Balaban J connectivity index is 1.44. The van der Waals surface area contributed by atoms with Crippen molar-refractivity contribution in [3.05, 3.63) is 88.0 Å². The lowest BCUT2D eigenvalue weighted by Crippen LogP contribution is -2.57. The summed E-state index contributed by atoms with van der Waals surface area (Å²) < 4.78 is 47.6. The fourth-order valence-electron chi connectivity index (χ4n) is 5.76. The minimum atomic E-state index is -4.73. The number of pyridine rings is 1. The third-order valence-corrected chi connectivity index (χ3v) is 8.45. The molecular formula is C31H36ClF3N6O3. The third kappa shape index (κ3) is 6.57. The normalized spacial score (nSPS) is 22.5. The first-order chi connectivity index (χ1) is 21.1. The minimum absolute atomic E-state index is 0.0950. The van der Waals surface area contributed by atoms with Gasteiger partial charge in [0.1, 0.15) is 5.70 Å². The number of hydrogen-bond acceptors (Lipinski definition) is 7. The number of benzene rings is 1. The van der Waals surface area contributed by atoms with Crippen molar-refractivity contribution in [3.63, 3.8) is 0 Å². The summed E-state index contributed by atoms with van der Waals surface area (Å²) in [4.78, 5) is 34.9. The number of hydrogen-bond donors (Lipinski definition) is 3. The summed E-state index contributed by atoms with van der Waals surface area (Å²) in [7, 11) is 0. The van der Waals surface area contributed by atoms with E-state index < -0.39 is 28.9 Å². The van der Waals surface area contributed by atoms with E-state index in [0.29, 0.717) is 43.4 Å². The lowest BCUT2D eigenvalue weighted by molar-refractivity contribution is -0.138. The highest BCUT2D eigenvalue weighted by Gasteiger charge is 2.41. The summed E-state index contributed by atoms with van der Waals surface area (Å²) >= 11 is 5.84. The fraction of sp³-hybridized carbons (Fsp3) is 0.452. The molecule has 44 heavy (non-hydrogen) atoms. The lowest BCUT2D eigenvalue weighted by atomic mass is 9.97. The standard InChI is InChI=1S/C31H36ClF3N6O3/c1-3-23-19-40(29(43)24-8-7-22(32)14-25(24)31(33,34)35)12-13-41(23)26-9-10-30(44-4-2,21-6-5-11-36-18-21)39-27(26)28(42)38-17-20-15-37-16-20/h5-11,14,18,20,23,37,39H,3-4,12-13,15-17,19H2,1-2H3,(H,38,42)/t23-,30?/m1/s1. The van der Waals surface area contributed by atoms with Crippen LogP contribution < -0.4 is 16.0 Å². The van der Waals surface area contributed by atoms with Crippen LogP contribution >= 0.6 is 11.6 Å². The number of alkyl halides is 3. The molecular weight excluding hydrogens is 597 g/mol. The number of halogens is 4. The molecule has 0 radical (unpaired) electrons. The molecule has 0 spiro atoms. The molecule has 13 heteroatoms. The van der Waals surface area contributed by atoms with Crippen LogP contribution in [-0.2, 0) is 21.4 Å². The van der Waals surface area contributed by atoms with E-state index in [9.17, 15) is 22.8 Å². The third-order valence-electron chi connectivity index (χ3n) is 8.22. The number of amides is 2. The summed E-state index contributed by atoms with van der Waals surface area (Å²) in [6.07, 6.45) is 2.88. The van der Waals surface area contributed by atoms with E-state index in [1.807, 2.05) is 37.0 Å². The number of carbonyl (C=O) groups excluding carboxylic acids is 2. The van der Waals surface area contributed by atoms with Gasteiger partial charge in [-0.1, -0.05) is 24.6 Å². The Bertz CT molecular complexity index is 1430. The van der Waals surface area contributed by atoms with Crippen molar-refractivity contribution >= 4 is 23.4 Å². The zero-order chi connectivity index (χ0) is 31.5. The van der Waals surface area contributed by atoms with Gasteiger partial charge < -0.3 is 30.5 Å². The van der Waals surface area contributed by atoms with E-state index in [1.165, 1.54) is 11.0 Å². The Morgan fingerprint density at radius 1 is 1.20 bits per heavy atom. The van der Waals surface area contributed by atoms with Gasteiger partial charge in [-0.3, -0.25) is 14.6 Å². The van der Waals surface area contributed by atoms with Crippen LogP contribution in [0.25, 0.3) is 0 Å². The van der Waals surface area contributed by atoms with Gasteiger partial charge >= 0.3 is 6.18 Å². The van der Waals surface area contributed by atoms with Gasteiger partial charge in [-0.2, -0.15) is 13.2 Å². The first-order valence-corrected chi connectivity index (χ1v) is 15.1. The number of rotatable bonds is 9. The van der Waals surface area contributed by atoms with Crippen LogP contribution in [0.5, 0.6) is 0 Å². The molecule has 2 aromatic rings. The van der Waals surface area contributed by atoms with Gasteiger partial charge in [0.2, 0.25) is 0 Å². The highest BCUT2D eigenvalue weighted by Crippen LogP contribution is 2.36. The van der Waals surface area contributed by atoms with Crippen molar-refractivity contribution in [3.8, 4) is 0 Å². The molecule has 3 N–H and O–H groups in total. The monoisotopic (exact) mass is 632 g/mol. The molecule has 1 unspecified atom stereocenters. The van der Waals surface area contributed by atoms with Crippen LogP contribution in [0.15, 0.2) is 66.3 Å². The van der Waals surface area contributed by atoms with Crippen molar-refractivity contribution in [2.24, 2.45) is 5.92 Å². The summed E-state index contributed by atoms with van der Waals surface area (Å²) in [5.74, 6) is -0.671. The van der Waals surface area contributed by atoms with Gasteiger partial charge in [0.15, 0.2) is 5.72 Å². The quantitative estimate of drug-likeness (QED) is 0.386. The van der Waals surface area contributed by atoms with E-state index in [1.54, 1.807) is 18.5 Å². The first kappa shape index (κ1) is 31.8. The maximum Gasteiger partial charge on any atom is 0.417 e. The summed E-state index contributed by atoms with van der Waals surface area (Å²) in [6.45, 7) is 6.97. The van der Waals surface area contributed by atoms with Gasteiger partial charge in [0.25, 0.3) is 11.8 Å². The van der Waals surface area contributed by atoms with Crippen LogP contribution in [0, 0.1) is 5.92 Å². The Morgan fingerprint density at radius 3 is 2.64 bits per heavy atom. The smallest absolute Gasteiger partial charge is 0.363 e. The van der Waals surface area contributed by atoms with Gasteiger partial charge in [-0.05, 0) is 49.8 Å². The second-order valence-electron chi connectivity index (χ2n) is 11.1. The fourth-order valence-corrected chi connectivity index (χ4v) is 5.93. The largest absolute Gasteiger partial charge is 0.417 e. The number of ether oxygens (including phenoxy) is 1. The van der Waals surface area contributed by atoms with Crippen molar-refractivity contribution in [1.82, 2.24) is 30.7 Å². The average Bonchev–Trinajstić information content (AvgIpc) is 2.99. The number of dihydropyridines is 1. The molecule has 3 aliphatic heterocycles. The molecule has 0 saturated carbocycles. The molecule has 0 aliphatic carbocycles. The van der Waals surface area contributed by atoms with E-state index >= 15 is 0 Å². The van der Waals surface area contributed by atoms with E-state index in [4.69, 9.17) is 16.3 Å². The predicted octanol–water partition coefficient (Wildman–Crippen LogP) is 3.89. The number of nitrogens with zero attached hydrogens (tertiary/aromatic N) is 3. The average molecular weight is 633 g/mol. The molecule has 3 aliphatic rings. The van der Waals surface area contributed by atoms with Gasteiger partial charge in [0.05, 0.1) is 16.8 Å². The van der Waals surface area contributed by atoms with Crippen LogP contribution in [0.2, 0.25) is 5.02 Å². The topological polar surface area (TPSA) is 98.8 Å². The van der Waals surface area contributed by atoms with E-state index in [-0.39, 0.29) is 30.1 Å². The second-order valence-corrected chi connectivity index (χ2v) is 11.5. The van der Waals surface area contributed by atoms with Gasteiger partial charge in [-0.25, -0.2) is 0 Å². The minimum Gasteiger partial charge on any atom is -0.363 e.